The standard InChI is InChI=1S/C12H20N2O2S/c1-5-10(12(15)16-6-2)14-9(4)11-13-8(3)7-17-11/h7,9-10,14H,5-6H2,1-4H3. The van der Waals surface area contributed by atoms with Crippen molar-refractivity contribution in [3.05, 3.63) is 16.1 Å². The molecule has 0 saturated heterocycles. The van der Waals surface area contributed by atoms with E-state index in [1.807, 2.05) is 33.1 Å². The van der Waals surface area contributed by atoms with Gasteiger partial charge in [-0.25, -0.2) is 4.98 Å². The van der Waals surface area contributed by atoms with E-state index >= 15 is 0 Å². The Morgan fingerprint density at radius 2 is 2.29 bits per heavy atom. The van der Waals surface area contributed by atoms with Crippen LogP contribution in [-0.2, 0) is 9.53 Å². The summed E-state index contributed by atoms with van der Waals surface area (Å²) >= 11 is 1.61. The minimum atomic E-state index is -0.255. The number of nitrogens with one attached hydrogen (secondary N) is 1. The summed E-state index contributed by atoms with van der Waals surface area (Å²) in [5.41, 5.74) is 1.02. The van der Waals surface area contributed by atoms with Crippen LogP contribution in [0.1, 0.15) is 43.9 Å². The minimum Gasteiger partial charge on any atom is -0.465 e. The maximum absolute atomic E-state index is 11.6. The monoisotopic (exact) mass is 256 g/mol. The first kappa shape index (κ1) is 14.1. The molecule has 0 aromatic carbocycles. The molecule has 1 aromatic heterocycles. The Morgan fingerprint density at radius 1 is 1.59 bits per heavy atom. The van der Waals surface area contributed by atoms with Crippen molar-refractivity contribution in [2.24, 2.45) is 0 Å². The van der Waals surface area contributed by atoms with Crippen LogP contribution in [0.25, 0.3) is 0 Å². The molecule has 0 saturated carbocycles. The number of hydrogen-bond acceptors (Lipinski definition) is 5. The van der Waals surface area contributed by atoms with Crippen LogP contribution >= 0.6 is 11.3 Å². The van der Waals surface area contributed by atoms with Gasteiger partial charge in [-0.3, -0.25) is 10.1 Å². The number of carbonyl (C=O) groups is 1. The fraction of sp³-hybridized carbons (Fsp3) is 0.667. The fourth-order valence-electron chi connectivity index (χ4n) is 1.54. The average molecular weight is 256 g/mol. The Balaban J connectivity index is 2.59. The van der Waals surface area contributed by atoms with E-state index in [1.165, 1.54) is 0 Å². The molecule has 1 N–H and O–H groups in total. The van der Waals surface area contributed by atoms with Crippen LogP contribution in [0, 0.1) is 6.92 Å². The van der Waals surface area contributed by atoms with Gasteiger partial charge in [0.2, 0.25) is 0 Å². The number of rotatable bonds is 6. The predicted octanol–water partition coefficient (Wildman–Crippen LogP) is 2.44. The van der Waals surface area contributed by atoms with Crippen molar-refractivity contribution < 1.29 is 9.53 Å². The van der Waals surface area contributed by atoms with Crippen LogP contribution < -0.4 is 5.32 Å². The summed E-state index contributed by atoms with van der Waals surface area (Å²) in [4.78, 5) is 16.1. The largest absolute Gasteiger partial charge is 0.465 e. The van der Waals surface area contributed by atoms with E-state index in [1.54, 1.807) is 11.3 Å². The first-order valence-corrected chi connectivity index (χ1v) is 6.81. The summed E-state index contributed by atoms with van der Waals surface area (Å²) in [7, 11) is 0. The Kier molecular flexibility index (Phi) is 5.58. The molecule has 0 aliphatic heterocycles. The second-order valence-corrected chi connectivity index (χ2v) is 4.82. The van der Waals surface area contributed by atoms with Gasteiger partial charge in [0.25, 0.3) is 0 Å². The Bertz CT molecular complexity index is 365. The Labute approximate surface area is 106 Å². The highest BCUT2D eigenvalue weighted by Crippen LogP contribution is 2.18. The number of thiazole rings is 1. The van der Waals surface area contributed by atoms with Crippen molar-refractivity contribution in [2.45, 2.75) is 46.2 Å². The molecular weight excluding hydrogens is 236 g/mol. The van der Waals surface area contributed by atoms with Crippen LogP contribution in [0.5, 0.6) is 0 Å². The molecule has 1 aromatic rings. The van der Waals surface area contributed by atoms with Gasteiger partial charge in [0.1, 0.15) is 11.0 Å². The molecule has 1 heterocycles. The molecule has 0 spiro atoms. The number of nitrogens with zero attached hydrogens (tertiary/aromatic N) is 1. The van der Waals surface area contributed by atoms with Gasteiger partial charge in [0.15, 0.2) is 0 Å². The molecule has 2 atom stereocenters. The van der Waals surface area contributed by atoms with Crippen molar-refractivity contribution in [3.63, 3.8) is 0 Å². The van der Waals surface area contributed by atoms with Gasteiger partial charge in [-0.1, -0.05) is 6.92 Å². The highest BCUT2D eigenvalue weighted by atomic mass is 32.1. The fourth-order valence-corrected chi connectivity index (χ4v) is 2.35. The first-order valence-electron chi connectivity index (χ1n) is 5.93. The van der Waals surface area contributed by atoms with Gasteiger partial charge in [0.05, 0.1) is 12.6 Å². The van der Waals surface area contributed by atoms with Gasteiger partial charge < -0.3 is 4.74 Å². The third kappa shape index (κ3) is 4.09. The van der Waals surface area contributed by atoms with E-state index in [9.17, 15) is 4.79 Å². The number of esters is 1. The summed E-state index contributed by atoms with van der Waals surface area (Å²) in [6.45, 7) is 8.18. The molecule has 0 bridgehead atoms. The summed E-state index contributed by atoms with van der Waals surface area (Å²) in [5, 5.41) is 6.27. The van der Waals surface area contributed by atoms with E-state index in [0.717, 1.165) is 10.7 Å². The summed E-state index contributed by atoms with van der Waals surface area (Å²) < 4.78 is 5.02. The van der Waals surface area contributed by atoms with Gasteiger partial charge in [0, 0.05) is 11.1 Å². The van der Waals surface area contributed by atoms with E-state index in [2.05, 4.69) is 10.3 Å². The number of hydrogen-bond donors (Lipinski definition) is 1. The maximum Gasteiger partial charge on any atom is 0.323 e. The first-order chi connectivity index (χ1) is 8.08. The van der Waals surface area contributed by atoms with Crippen molar-refractivity contribution in [3.8, 4) is 0 Å². The Morgan fingerprint density at radius 3 is 2.76 bits per heavy atom. The highest BCUT2D eigenvalue weighted by molar-refractivity contribution is 7.09. The summed E-state index contributed by atoms with van der Waals surface area (Å²) in [5.74, 6) is -0.185. The van der Waals surface area contributed by atoms with Crippen LogP contribution in [0.2, 0.25) is 0 Å². The van der Waals surface area contributed by atoms with E-state index < -0.39 is 0 Å². The highest BCUT2D eigenvalue weighted by Gasteiger charge is 2.21. The quantitative estimate of drug-likeness (QED) is 0.794. The molecule has 4 nitrogen and oxygen atoms in total. The van der Waals surface area contributed by atoms with E-state index in [-0.39, 0.29) is 18.1 Å². The number of carbonyl (C=O) groups excluding carboxylic acids is 1. The summed E-state index contributed by atoms with van der Waals surface area (Å²) in [6.07, 6.45) is 0.716. The van der Waals surface area contributed by atoms with Crippen molar-refractivity contribution >= 4 is 17.3 Å². The van der Waals surface area contributed by atoms with Crippen molar-refractivity contribution in [2.75, 3.05) is 6.61 Å². The van der Waals surface area contributed by atoms with Crippen LogP contribution in [0.4, 0.5) is 0 Å². The normalized spacial score (nSPS) is 14.4. The SMILES string of the molecule is CCOC(=O)C(CC)NC(C)c1nc(C)cs1. The maximum atomic E-state index is 11.6. The third-order valence-electron chi connectivity index (χ3n) is 2.44. The molecule has 0 amide bonds. The van der Waals surface area contributed by atoms with Gasteiger partial charge in [-0.2, -0.15) is 0 Å². The van der Waals surface area contributed by atoms with Crippen LogP contribution in [-0.4, -0.2) is 23.6 Å². The smallest absolute Gasteiger partial charge is 0.323 e. The van der Waals surface area contributed by atoms with Crippen LogP contribution in [0.15, 0.2) is 5.38 Å². The lowest BCUT2D eigenvalue weighted by molar-refractivity contribution is -0.145. The van der Waals surface area contributed by atoms with Crippen molar-refractivity contribution in [1.29, 1.82) is 0 Å². The lowest BCUT2D eigenvalue weighted by Crippen LogP contribution is -2.39. The number of aryl methyl sites for hydroxylation is 1. The van der Waals surface area contributed by atoms with Gasteiger partial charge >= 0.3 is 5.97 Å². The van der Waals surface area contributed by atoms with Gasteiger partial charge in [-0.15, -0.1) is 11.3 Å². The molecule has 0 radical (unpaired) electrons. The van der Waals surface area contributed by atoms with E-state index in [0.29, 0.717) is 13.0 Å². The Hall–Kier alpha value is -0.940. The second kappa shape index (κ2) is 6.71. The molecule has 0 aliphatic rings. The lowest BCUT2D eigenvalue weighted by atomic mass is 10.2. The molecular formula is C12H20N2O2S. The van der Waals surface area contributed by atoms with Crippen molar-refractivity contribution in [1.82, 2.24) is 10.3 Å². The molecule has 0 aliphatic carbocycles. The zero-order valence-electron chi connectivity index (χ0n) is 10.8. The second-order valence-electron chi connectivity index (χ2n) is 3.93. The molecule has 2 unspecified atom stereocenters. The third-order valence-corrected chi connectivity index (χ3v) is 3.58. The topological polar surface area (TPSA) is 51.2 Å². The molecule has 96 valence electrons. The predicted molar refractivity (Wildman–Crippen MR) is 69.1 cm³/mol. The van der Waals surface area contributed by atoms with Crippen LogP contribution in [0.3, 0.4) is 0 Å². The average Bonchev–Trinajstić information content (AvgIpc) is 2.72. The van der Waals surface area contributed by atoms with Gasteiger partial charge in [-0.05, 0) is 27.2 Å². The summed E-state index contributed by atoms with van der Waals surface area (Å²) in [6, 6.07) is -0.183. The minimum absolute atomic E-state index is 0.0723. The lowest BCUT2D eigenvalue weighted by Gasteiger charge is -2.19. The van der Waals surface area contributed by atoms with E-state index in [4.69, 9.17) is 4.74 Å². The molecule has 5 heteroatoms. The zero-order chi connectivity index (χ0) is 12.8. The molecule has 17 heavy (non-hydrogen) atoms. The molecule has 1 rings (SSSR count). The zero-order valence-corrected chi connectivity index (χ0v) is 11.6. The molecule has 0 fully saturated rings. The number of aromatic nitrogens is 1. The number of ether oxygens (including phenoxy) is 1.